The zero-order valence-corrected chi connectivity index (χ0v) is 20.4. The molecular weight excluding hydrogens is 551 g/mol. The number of ether oxygens (including phenoxy) is 1. The summed E-state index contributed by atoms with van der Waals surface area (Å²) in [7, 11) is 0. The van der Waals surface area contributed by atoms with Crippen LogP contribution >= 0.6 is 50.2 Å². The van der Waals surface area contributed by atoms with Gasteiger partial charge in [-0.1, -0.05) is 17.7 Å². The van der Waals surface area contributed by atoms with Gasteiger partial charge in [-0.15, -0.1) is 22.7 Å². The number of halogens is 5. The molecule has 0 bridgehead atoms. The Bertz CT molecular complexity index is 1120. The third-order valence-corrected chi connectivity index (χ3v) is 8.74. The largest absolute Gasteiger partial charge is 0.490 e. The first-order valence-corrected chi connectivity index (χ1v) is 12.6. The molecule has 0 saturated heterocycles. The number of carbonyl (C=O) groups is 1. The van der Waals surface area contributed by atoms with Crippen LogP contribution in [0.2, 0.25) is 5.15 Å². The Hall–Kier alpha value is -1.40. The lowest BCUT2D eigenvalue weighted by atomic mass is 9.81. The molecule has 1 aliphatic carbocycles. The van der Waals surface area contributed by atoms with Crippen molar-refractivity contribution in [3.05, 3.63) is 43.0 Å². The second-order valence-electron chi connectivity index (χ2n) is 7.45. The Morgan fingerprint density at radius 3 is 2.88 bits per heavy atom. The molecule has 0 radical (unpaired) electrons. The molecule has 3 N–H and O–H groups in total. The van der Waals surface area contributed by atoms with E-state index in [1.807, 2.05) is 17.5 Å². The molecule has 4 rings (SSSR count). The lowest BCUT2D eigenvalue weighted by Crippen LogP contribution is -2.43. The summed E-state index contributed by atoms with van der Waals surface area (Å²) in [5, 5.41) is 5.63. The Balaban J connectivity index is 1.71. The Morgan fingerprint density at radius 1 is 1.41 bits per heavy atom. The number of aromatic nitrogens is 1. The number of nitrogens with zero attached hydrogens (tertiary/aromatic N) is 1. The van der Waals surface area contributed by atoms with Crippen molar-refractivity contribution in [3.63, 3.8) is 0 Å². The number of carbonyl (C=O) groups excluding carboxylic acids is 1. The first-order valence-electron chi connectivity index (χ1n) is 9.73. The van der Waals surface area contributed by atoms with Gasteiger partial charge in [-0.2, -0.15) is 13.2 Å². The fourth-order valence-corrected chi connectivity index (χ4v) is 6.97. The second kappa shape index (κ2) is 9.46. The first-order chi connectivity index (χ1) is 15.1. The van der Waals surface area contributed by atoms with E-state index >= 15 is 0 Å². The number of hydrogen-bond acceptors (Lipinski definition) is 7. The van der Waals surface area contributed by atoms with Crippen molar-refractivity contribution in [1.29, 1.82) is 0 Å². The maximum atomic E-state index is 12.8. The number of nitrogens with one attached hydrogen (secondary N) is 1. The zero-order valence-electron chi connectivity index (χ0n) is 16.4. The van der Waals surface area contributed by atoms with E-state index in [-0.39, 0.29) is 5.15 Å². The van der Waals surface area contributed by atoms with Crippen molar-refractivity contribution in [2.24, 2.45) is 5.73 Å². The van der Waals surface area contributed by atoms with E-state index in [1.165, 1.54) is 11.3 Å². The van der Waals surface area contributed by atoms with E-state index in [1.54, 1.807) is 17.4 Å². The van der Waals surface area contributed by atoms with Crippen LogP contribution in [0.5, 0.6) is 0 Å². The SMILES string of the molecule is N[C@@H]1CCC[C@@H](OC(=O)C(F)(F)F)[C@H]1c1sc2c(NCc3cccs3)cc(Cl)nc2c1Br. The minimum absolute atomic E-state index is 0.282. The highest BCUT2D eigenvalue weighted by Gasteiger charge is 2.45. The molecule has 0 aromatic carbocycles. The second-order valence-corrected chi connectivity index (χ2v) is 10.7. The average Bonchev–Trinajstić information content (AvgIpc) is 3.34. The van der Waals surface area contributed by atoms with Crippen molar-refractivity contribution >= 4 is 72.1 Å². The van der Waals surface area contributed by atoms with Gasteiger partial charge in [0, 0.05) is 34.3 Å². The average molecular weight is 569 g/mol. The number of fused-ring (bicyclic) bond motifs is 1. The van der Waals surface area contributed by atoms with Crippen LogP contribution in [0.25, 0.3) is 10.2 Å². The highest BCUT2D eigenvalue weighted by atomic mass is 79.9. The molecular formula is C20H18BrClF3N3O2S2. The van der Waals surface area contributed by atoms with Gasteiger partial charge in [0.1, 0.15) is 11.3 Å². The maximum Gasteiger partial charge on any atom is 0.490 e. The molecule has 3 aromatic heterocycles. The van der Waals surface area contributed by atoms with Crippen LogP contribution in [-0.4, -0.2) is 29.3 Å². The molecule has 0 unspecified atom stereocenters. The normalized spacial score (nSPS) is 21.6. The van der Waals surface area contributed by atoms with Gasteiger partial charge in [-0.3, -0.25) is 0 Å². The van der Waals surface area contributed by atoms with Crippen molar-refractivity contribution in [3.8, 4) is 0 Å². The summed E-state index contributed by atoms with van der Waals surface area (Å²) in [5.41, 5.74) is 7.67. The van der Waals surface area contributed by atoms with Crippen molar-refractivity contribution in [2.75, 3.05) is 5.32 Å². The van der Waals surface area contributed by atoms with Gasteiger partial charge >= 0.3 is 12.1 Å². The number of alkyl halides is 3. The molecule has 172 valence electrons. The summed E-state index contributed by atoms with van der Waals surface area (Å²) in [6, 6.07) is 5.22. The fraction of sp³-hybridized carbons (Fsp3) is 0.400. The summed E-state index contributed by atoms with van der Waals surface area (Å²) >= 11 is 12.8. The van der Waals surface area contributed by atoms with Crippen molar-refractivity contribution < 1.29 is 22.7 Å². The highest BCUT2D eigenvalue weighted by molar-refractivity contribution is 9.10. The number of rotatable bonds is 5. The third kappa shape index (κ3) is 4.91. The molecule has 0 amide bonds. The van der Waals surface area contributed by atoms with Crippen molar-refractivity contribution in [2.45, 2.75) is 50.0 Å². The Labute approximate surface area is 203 Å². The molecule has 3 atom stereocenters. The molecule has 12 heteroatoms. The van der Waals surface area contributed by atoms with Gasteiger partial charge in [-0.05, 0) is 46.6 Å². The molecule has 3 heterocycles. The topological polar surface area (TPSA) is 77.2 Å². The molecule has 3 aromatic rings. The quantitative estimate of drug-likeness (QED) is 0.273. The number of hydrogen-bond donors (Lipinski definition) is 2. The molecule has 0 spiro atoms. The van der Waals surface area contributed by atoms with Gasteiger partial charge in [0.15, 0.2) is 0 Å². The summed E-state index contributed by atoms with van der Waals surface area (Å²) in [4.78, 5) is 17.8. The van der Waals surface area contributed by atoms with Crippen LogP contribution in [-0.2, 0) is 16.1 Å². The van der Waals surface area contributed by atoms with Gasteiger partial charge in [0.2, 0.25) is 0 Å². The Kier molecular flexibility index (Phi) is 7.02. The van der Waals surface area contributed by atoms with Gasteiger partial charge in [0.05, 0.1) is 20.4 Å². The van der Waals surface area contributed by atoms with Gasteiger partial charge in [0.25, 0.3) is 0 Å². The Morgan fingerprint density at radius 2 is 2.19 bits per heavy atom. The number of nitrogens with two attached hydrogens (primary N) is 1. The highest BCUT2D eigenvalue weighted by Crippen LogP contribution is 2.47. The lowest BCUT2D eigenvalue weighted by molar-refractivity contribution is -0.207. The van der Waals surface area contributed by atoms with Crippen LogP contribution in [0.4, 0.5) is 18.9 Å². The first kappa shape index (κ1) is 23.7. The molecule has 32 heavy (non-hydrogen) atoms. The summed E-state index contributed by atoms with van der Waals surface area (Å²) in [5.74, 6) is -2.79. The van der Waals surface area contributed by atoms with E-state index in [4.69, 9.17) is 22.1 Å². The molecule has 1 saturated carbocycles. The smallest absolute Gasteiger partial charge is 0.455 e. The van der Waals surface area contributed by atoms with Crippen LogP contribution in [0.15, 0.2) is 28.1 Å². The predicted molar refractivity (Wildman–Crippen MR) is 124 cm³/mol. The number of thiophene rings is 2. The standard InChI is InChI=1S/C20H18BrClF3N3O2S2/c21-15-16-17(11(7-13(22)28-16)27-8-9-3-2-6-31-9)32-18(15)14-10(26)4-1-5-12(14)30-19(29)20(23,24)25/h2-3,6-7,10,12,14H,1,4-5,8,26H2,(H,27,28)/t10-,12-,14+/m1/s1. The third-order valence-electron chi connectivity index (χ3n) is 5.29. The minimum atomic E-state index is -5.06. The van der Waals surface area contributed by atoms with E-state index in [0.29, 0.717) is 40.7 Å². The molecule has 0 aliphatic heterocycles. The van der Waals surface area contributed by atoms with Crippen LogP contribution in [0, 0.1) is 0 Å². The summed E-state index contributed by atoms with van der Waals surface area (Å²) < 4.78 is 44.8. The van der Waals surface area contributed by atoms with Gasteiger partial charge in [-0.25, -0.2) is 9.78 Å². The predicted octanol–water partition coefficient (Wildman–Crippen LogP) is 6.45. The van der Waals surface area contributed by atoms with E-state index in [9.17, 15) is 18.0 Å². The molecule has 5 nitrogen and oxygen atoms in total. The fourth-order valence-electron chi connectivity index (χ4n) is 3.86. The van der Waals surface area contributed by atoms with Crippen molar-refractivity contribution in [1.82, 2.24) is 4.98 Å². The molecule has 1 aliphatic rings. The van der Waals surface area contributed by atoms with E-state index < -0.39 is 30.2 Å². The summed E-state index contributed by atoms with van der Waals surface area (Å²) in [6.07, 6.45) is -4.54. The lowest BCUT2D eigenvalue weighted by Gasteiger charge is -2.35. The van der Waals surface area contributed by atoms with E-state index in [0.717, 1.165) is 15.3 Å². The summed E-state index contributed by atoms with van der Waals surface area (Å²) in [6.45, 7) is 0.590. The maximum absolute atomic E-state index is 12.8. The molecule has 1 fully saturated rings. The zero-order chi connectivity index (χ0) is 23.0. The van der Waals surface area contributed by atoms with Gasteiger partial charge < -0.3 is 15.8 Å². The van der Waals surface area contributed by atoms with Crippen LogP contribution in [0.3, 0.4) is 0 Å². The van der Waals surface area contributed by atoms with Crippen LogP contribution < -0.4 is 11.1 Å². The number of anilines is 1. The van der Waals surface area contributed by atoms with E-state index in [2.05, 4.69) is 26.2 Å². The van der Waals surface area contributed by atoms with Crippen LogP contribution in [0.1, 0.15) is 34.9 Å². The number of pyridine rings is 1. The monoisotopic (exact) mass is 567 g/mol. The number of esters is 1. The minimum Gasteiger partial charge on any atom is -0.455 e.